The summed E-state index contributed by atoms with van der Waals surface area (Å²) in [5, 5.41) is 9.55. The van der Waals surface area contributed by atoms with Crippen LogP contribution in [0.1, 0.15) is 25.3 Å². The van der Waals surface area contributed by atoms with E-state index in [0.717, 1.165) is 0 Å². The van der Waals surface area contributed by atoms with Crippen molar-refractivity contribution < 1.29 is 23.7 Å². The zero-order valence-corrected chi connectivity index (χ0v) is 16.3. The Labute approximate surface area is 160 Å². The first-order chi connectivity index (χ1) is 12.4. The lowest BCUT2D eigenvalue weighted by atomic mass is 9.83. The molecule has 1 aliphatic rings. The second-order valence-electron chi connectivity index (χ2n) is 5.36. The van der Waals surface area contributed by atoms with E-state index in [-0.39, 0.29) is 30.4 Å². The summed E-state index contributed by atoms with van der Waals surface area (Å²) in [4.78, 5) is 12.5. The fourth-order valence-corrected chi connectivity index (χ4v) is 3.14. The lowest BCUT2D eigenvalue weighted by molar-refractivity contribution is -0.139. The first-order valence-electron chi connectivity index (χ1n) is 7.81. The molecule has 8 heteroatoms. The number of carbonyl (C=O) groups is 1. The molecule has 2 N–H and O–H groups in total. The number of benzene rings is 1. The molecule has 0 radical (unpaired) electrons. The molecule has 1 aromatic carbocycles. The van der Waals surface area contributed by atoms with Gasteiger partial charge in [0, 0.05) is 7.11 Å². The van der Waals surface area contributed by atoms with Crippen LogP contribution < -0.4 is 10.5 Å². The molecule has 0 fully saturated rings. The first-order valence-corrected chi connectivity index (χ1v) is 8.60. The van der Waals surface area contributed by atoms with Gasteiger partial charge in [-0.05, 0) is 47.5 Å². The van der Waals surface area contributed by atoms with E-state index >= 15 is 0 Å². The second-order valence-corrected chi connectivity index (χ2v) is 6.21. The zero-order valence-electron chi connectivity index (χ0n) is 14.7. The Balaban J connectivity index is 2.53. The number of nitrogens with zero attached hydrogens (tertiary/aromatic N) is 1. The molecule has 1 aliphatic heterocycles. The third kappa shape index (κ3) is 4.00. The Morgan fingerprint density at radius 3 is 2.77 bits per heavy atom. The number of hydrogen-bond donors (Lipinski definition) is 1. The molecule has 0 aromatic heterocycles. The summed E-state index contributed by atoms with van der Waals surface area (Å²) < 4.78 is 21.5. The maximum atomic E-state index is 12.5. The van der Waals surface area contributed by atoms with Gasteiger partial charge in [0.05, 0.1) is 22.6 Å². The van der Waals surface area contributed by atoms with Crippen LogP contribution in [0.15, 0.2) is 45.5 Å². The Morgan fingerprint density at radius 1 is 1.46 bits per heavy atom. The molecule has 0 bridgehead atoms. The summed E-state index contributed by atoms with van der Waals surface area (Å²) in [7, 11) is 1.52. The number of hydrogen-bond acceptors (Lipinski definition) is 7. The highest BCUT2D eigenvalue weighted by Crippen LogP contribution is 2.41. The molecule has 1 aromatic rings. The smallest absolute Gasteiger partial charge is 0.338 e. The van der Waals surface area contributed by atoms with Gasteiger partial charge in [-0.1, -0.05) is 6.07 Å². The van der Waals surface area contributed by atoms with Crippen LogP contribution in [0.4, 0.5) is 0 Å². The summed E-state index contributed by atoms with van der Waals surface area (Å²) in [5.41, 5.74) is 6.94. The van der Waals surface area contributed by atoms with E-state index in [9.17, 15) is 10.1 Å². The number of rotatable bonds is 6. The number of halogens is 1. The van der Waals surface area contributed by atoms with Gasteiger partial charge in [-0.2, -0.15) is 5.26 Å². The topological polar surface area (TPSA) is 104 Å². The molecule has 7 nitrogen and oxygen atoms in total. The fourth-order valence-electron chi connectivity index (χ4n) is 2.62. The van der Waals surface area contributed by atoms with E-state index in [4.69, 9.17) is 24.7 Å². The molecule has 138 valence electrons. The molecule has 26 heavy (non-hydrogen) atoms. The van der Waals surface area contributed by atoms with Gasteiger partial charge in [0.2, 0.25) is 5.88 Å². The molecule has 0 amide bonds. The van der Waals surface area contributed by atoms with Crippen molar-refractivity contribution in [2.24, 2.45) is 5.73 Å². The highest BCUT2D eigenvalue weighted by molar-refractivity contribution is 9.10. The maximum absolute atomic E-state index is 12.5. The first kappa shape index (κ1) is 19.8. The number of nitriles is 1. The predicted octanol–water partition coefficient (Wildman–Crippen LogP) is 3.08. The van der Waals surface area contributed by atoms with E-state index in [1.165, 1.54) is 7.11 Å². The van der Waals surface area contributed by atoms with Gasteiger partial charge in [-0.15, -0.1) is 0 Å². The quantitative estimate of drug-likeness (QED) is 0.554. The highest BCUT2D eigenvalue weighted by atomic mass is 79.9. The van der Waals surface area contributed by atoms with Crippen LogP contribution >= 0.6 is 15.9 Å². The van der Waals surface area contributed by atoms with Gasteiger partial charge in [0.25, 0.3) is 0 Å². The number of nitrogens with two attached hydrogens (primary N) is 1. The monoisotopic (exact) mass is 422 g/mol. The van der Waals surface area contributed by atoms with E-state index in [2.05, 4.69) is 15.9 Å². The molecular formula is C18H19BrN2O5. The van der Waals surface area contributed by atoms with Crippen LogP contribution in [-0.2, 0) is 19.0 Å². The van der Waals surface area contributed by atoms with Crippen LogP contribution in [-0.4, -0.2) is 26.5 Å². The van der Waals surface area contributed by atoms with Crippen molar-refractivity contribution in [2.75, 3.05) is 20.5 Å². The van der Waals surface area contributed by atoms with Crippen LogP contribution in [0, 0.1) is 11.3 Å². The lowest BCUT2D eigenvalue weighted by Gasteiger charge is -2.27. The SMILES string of the molecule is CCOC(=O)C1=C(C)OC(N)=C(C#N)C1c1ccc(OCOC)c(Br)c1. The normalized spacial score (nSPS) is 16.8. The summed E-state index contributed by atoms with van der Waals surface area (Å²) in [6, 6.07) is 7.27. The molecule has 0 saturated heterocycles. The second kappa shape index (κ2) is 8.74. The Bertz CT molecular complexity index is 810. The van der Waals surface area contributed by atoms with Gasteiger partial charge in [0.15, 0.2) is 6.79 Å². The fraction of sp³-hybridized carbons (Fsp3) is 0.333. The van der Waals surface area contributed by atoms with Crippen molar-refractivity contribution in [2.45, 2.75) is 19.8 Å². The molecule has 1 unspecified atom stereocenters. The molecule has 0 aliphatic carbocycles. The maximum Gasteiger partial charge on any atom is 0.338 e. The van der Waals surface area contributed by atoms with Crippen molar-refractivity contribution in [3.63, 3.8) is 0 Å². The minimum atomic E-state index is -0.694. The summed E-state index contributed by atoms with van der Waals surface area (Å²) >= 11 is 3.43. The standard InChI is InChI=1S/C18H19BrN2O5/c1-4-24-18(22)15-10(2)26-17(21)12(8-20)16(15)11-5-6-14(13(19)7-11)25-9-23-3/h5-7,16H,4,9,21H2,1-3H3. The number of esters is 1. The van der Waals surface area contributed by atoms with Crippen LogP contribution in [0.3, 0.4) is 0 Å². The molecule has 0 spiro atoms. The number of carbonyl (C=O) groups excluding carboxylic acids is 1. The van der Waals surface area contributed by atoms with E-state index < -0.39 is 11.9 Å². The van der Waals surface area contributed by atoms with Crippen molar-refractivity contribution in [3.8, 4) is 11.8 Å². The molecule has 1 atom stereocenters. The largest absolute Gasteiger partial charge is 0.466 e. The highest BCUT2D eigenvalue weighted by Gasteiger charge is 2.36. The molecule has 1 heterocycles. The van der Waals surface area contributed by atoms with Gasteiger partial charge >= 0.3 is 5.97 Å². The van der Waals surface area contributed by atoms with Crippen molar-refractivity contribution in [3.05, 3.63) is 51.0 Å². The van der Waals surface area contributed by atoms with E-state index in [1.54, 1.807) is 32.0 Å². The lowest BCUT2D eigenvalue weighted by Crippen LogP contribution is -2.25. The summed E-state index contributed by atoms with van der Waals surface area (Å²) in [6.07, 6.45) is 0. The number of allylic oxidation sites excluding steroid dienone is 2. The number of methoxy groups -OCH3 is 1. The van der Waals surface area contributed by atoms with Gasteiger partial charge in [0.1, 0.15) is 23.2 Å². The third-order valence-corrected chi connectivity index (χ3v) is 4.34. The third-order valence-electron chi connectivity index (χ3n) is 3.72. The molecular weight excluding hydrogens is 404 g/mol. The van der Waals surface area contributed by atoms with Crippen molar-refractivity contribution >= 4 is 21.9 Å². The van der Waals surface area contributed by atoms with Crippen LogP contribution in [0.25, 0.3) is 0 Å². The predicted molar refractivity (Wildman–Crippen MR) is 96.6 cm³/mol. The average Bonchev–Trinajstić information content (AvgIpc) is 2.60. The minimum absolute atomic E-state index is 0.0288. The Morgan fingerprint density at radius 2 is 2.19 bits per heavy atom. The zero-order chi connectivity index (χ0) is 19.3. The van der Waals surface area contributed by atoms with E-state index in [0.29, 0.717) is 21.5 Å². The van der Waals surface area contributed by atoms with E-state index in [1.807, 2.05) is 6.07 Å². The summed E-state index contributed by atoms with van der Waals surface area (Å²) in [6.45, 7) is 3.63. The Hall–Kier alpha value is -2.50. The number of ether oxygens (including phenoxy) is 4. The molecule has 2 rings (SSSR count). The van der Waals surface area contributed by atoms with Gasteiger partial charge in [-0.3, -0.25) is 0 Å². The minimum Gasteiger partial charge on any atom is -0.466 e. The Kier molecular flexibility index (Phi) is 6.66. The van der Waals surface area contributed by atoms with Crippen molar-refractivity contribution in [1.82, 2.24) is 0 Å². The van der Waals surface area contributed by atoms with Crippen LogP contribution in [0.5, 0.6) is 5.75 Å². The molecule has 0 saturated carbocycles. The summed E-state index contributed by atoms with van der Waals surface area (Å²) in [5.74, 6) is -0.400. The van der Waals surface area contributed by atoms with Crippen molar-refractivity contribution in [1.29, 1.82) is 5.26 Å². The van der Waals surface area contributed by atoms with Crippen LogP contribution in [0.2, 0.25) is 0 Å². The van der Waals surface area contributed by atoms with Gasteiger partial charge in [-0.25, -0.2) is 4.79 Å². The average molecular weight is 423 g/mol. The van der Waals surface area contributed by atoms with Gasteiger partial charge < -0.3 is 24.7 Å².